The molecule has 1 aliphatic heterocycles. The number of anilines is 1. The van der Waals surface area contributed by atoms with E-state index in [2.05, 4.69) is 17.1 Å². The fourth-order valence-corrected chi connectivity index (χ4v) is 4.69. The third-order valence-electron chi connectivity index (χ3n) is 6.48. The van der Waals surface area contributed by atoms with Crippen molar-refractivity contribution in [1.82, 2.24) is 5.32 Å². The monoisotopic (exact) mass is 459 g/mol. The summed E-state index contributed by atoms with van der Waals surface area (Å²) in [6.07, 6.45) is 4.42. The molecule has 5 N–H and O–H groups in total. The van der Waals surface area contributed by atoms with Gasteiger partial charge in [0, 0.05) is 17.8 Å². The molecule has 0 radical (unpaired) electrons. The number of carbonyl (C=O) groups is 1. The molecular weight excluding hydrogens is 430 g/mol. The molecule has 1 fully saturated rings. The lowest BCUT2D eigenvalue weighted by Crippen LogP contribution is -2.38. The van der Waals surface area contributed by atoms with Gasteiger partial charge in [-0.2, -0.15) is 0 Å². The molecule has 0 aliphatic carbocycles. The van der Waals surface area contributed by atoms with Crippen LogP contribution in [0.3, 0.4) is 0 Å². The molecule has 0 spiro atoms. The Morgan fingerprint density at radius 2 is 2.00 bits per heavy atom. The van der Waals surface area contributed by atoms with Gasteiger partial charge < -0.3 is 26.1 Å². The maximum atomic E-state index is 12.8. The summed E-state index contributed by atoms with van der Waals surface area (Å²) < 4.78 is 6.01. The van der Waals surface area contributed by atoms with Gasteiger partial charge in [0.25, 0.3) is 0 Å². The number of nitrogen functional groups attached to an aromatic ring is 1. The van der Waals surface area contributed by atoms with Crippen molar-refractivity contribution in [1.29, 1.82) is 0 Å². The highest BCUT2D eigenvalue weighted by molar-refractivity contribution is 6.02. The Kier molecular flexibility index (Phi) is 6.84. The van der Waals surface area contributed by atoms with Crippen LogP contribution in [0.2, 0.25) is 0 Å². The molecule has 0 saturated carbocycles. The SMILES string of the molecule is C=CC[C@@](Cc1ccc2ccc(N)cc2c1C=NO)(C(=O)O)c1ccc(O[C@H]2CCNC2)cc1. The van der Waals surface area contributed by atoms with Gasteiger partial charge in [-0.3, -0.25) is 4.79 Å². The Balaban J connectivity index is 1.76. The number of fused-ring (bicyclic) bond motifs is 1. The average molecular weight is 460 g/mol. The van der Waals surface area contributed by atoms with Crippen LogP contribution in [0.25, 0.3) is 10.8 Å². The molecule has 7 heteroatoms. The Morgan fingerprint density at radius 3 is 2.65 bits per heavy atom. The number of oxime groups is 1. The van der Waals surface area contributed by atoms with Crippen LogP contribution in [0, 0.1) is 0 Å². The number of ether oxygens (including phenoxy) is 1. The Hall–Kier alpha value is -3.84. The fourth-order valence-electron chi connectivity index (χ4n) is 4.69. The molecule has 176 valence electrons. The highest BCUT2D eigenvalue weighted by Gasteiger charge is 2.40. The van der Waals surface area contributed by atoms with Crippen molar-refractivity contribution >= 4 is 28.6 Å². The second kappa shape index (κ2) is 9.97. The van der Waals surface area contributed by atoms with Gasteiger partial charge >= 0.3 is 5.97 Å². The van der Waals surface area contributed by atoms with E-state index in [1.54, 1.807) is 18.2 Å². The normalized spacial score (nSPS) is 17.6. The second-order valence-corrected chi connectivity index (χ2v) is 8.68. The summed E-state index contributed by atoms with van der Waals surface area (Å²) in [4.78, 5) is 12.8. The van der Waals surface area contributed by atoms with E-state index >= 15 is 0 Å². The van der Waals surface area contributed by atoms with Crippen molar-refractivity contribution < 1.29 is 19.8 Å². The number of benzene rings is 3. The Bertz CT molecular complexity index is 1220. The van der Waals surface area contributed by atoms with Gasteiger partial charge in [-0.1, -0.05) is 41.6 Å². The number of hydrogen-bond donors (Lipinski definition) is 4. The van der Waals surface area contributed by atoms with Crippen LogP contribution < -0.4 is 15.8 Å². The maximum Gasteiger partial charge on any atom is 0.314 e. The molecule has 4 rings (SSSR count). The summed E-state index contributed by atoms with van der Waals surface area (Å²) in [5.74, 6) is -0.245. The number of nitrogens with one attached hydrogen (secondary N) is 1. The maximum absolute atomic E-state index is 12.8. The molecule has 0 amide bonds. The zero-order valence-corrected chi connectivity index (χ0v) is 18.9. The lowest BCUT2D eigenvalue weighted by atomic mass is 9.72. The number of aliphatic carboxylic acids is 1. The van der Waals surface area contributed by atoms with E-state index < -0.39 is 11.4 Å². The number of allylic oxidation sites excluding steroid dienone is 1. The van der Waals surface area contributed by atoms with Crippen molar-refractivity contribution in [2.45, 2.75) is 30.8 Å². The topological polar surface area (TPSA) is 117 Å². The summed E-state index contributed by atoms with van der Waals surface area (Å²) in [6.45, 7) is 5.56. The predicted molar refractivity (Wildman–Crippen MR) is 134 cm³/mol. The van der Waals surface area contributed by atoms with Gasteiger partial charge in [-0.25, -0.2) is 0 Å². The van der Waals surface area contributed by atoms with Crippen molar-refractivity contribution in [3.8, 4) is 5.75 Å². The molecule has 2 atom stereocenters. The summed E-state index contributed by atoms with van der Waals surface area (Å²) in [5, 5.41) is 28.0. The Morgan fingerprint density at radius 1 is 1.24 bits per heavy atom. The van der Waals surface area contributed by atoms with Gasteiger partial charge in [-0.15, -0.1) is 6.58 Å². The number of nitrogens with zero attached hydrogens (tertiary/aromatic N) is 1. The van der Waals surface area contributed by atoms with Crippen LogP contribution in [0.15, 0.2) is 72.4 Å². The molecule has 34 heavy (non-hydrogen) atoms. The lowest BCUT2D eigenvalue weighted by molar-refractivity contribution is -0.143. The third-order valence-corrected chi connectivity index (χ3v) is 6.48. The summed E-state index contributed by atoms with van der Waals surface area (Å²) in [6, 6.07) is 16.6. The van der Waals surface area contributed by atoms with Crippen molar-refractivity contribution in [3.63, 3.8) is 0 Å². The number of rotatable bonds is 9. The van der Waals surface area contributed by atoms with Crippen LogP contribution in [0.4, 0.5) is 5.69 Å². The summed E-state index contributed by atoms with van der Waals surface area (Å²) in [5.41, 5.74) is 7.32. The highest BCUT2D eigenvalue weighted by Crippen LogP contribution is 2.36. The number of hydrogen-bond acceptors (Lipinski definition) is 6. The van der Waals surface area contributed by atoms with Gasteiger partial charge in [0.2, 0.25) is 0 Å². The first-order valence-corrected chi connectivity index (χ1v) is 11.3. The Labute approximate surface area is 198 Å². The van der Waals surface area contributed by atoms with Crippen LogP contribution in [-0.2, 0) is 16.6 Å². The largest absolute Gasteiger partial charge is 0.489 e. The van der Waals surface area contributed by atoms with E-state index in [9.17, 15) is 15.1 Å². The van der Waals surface area contributed by atoms with Crippen molar-refractivity contribution in [3.05, 3.63) is 83.9 Å². The van der Waals surface area contributed by atoms with Crippen LogP contribution in [0.5, 0.6) is 5.75 Å². The van der Waals surface area contributed by atoms with Crippen LogP contribution in [0.1, 0.15) is 29.5 Å². The van der Waals surface area contributed by atoms with Gasteiger partial charge in [0.05, 0.1) is 6.21 Å². The van der Waals surface area contributed by atoms with Crippen molar-refractivity contribution in [2.75, 3.05) is 18.8 Å². The number of carboxylic acids is 1. The highest BCUT2D eigenvalue weighted by atomic mass is 16.5. The van der Waals surface area contributed by atoms with Gasteiger partial charge in [0.15, 0.2) is 0 Å². The molecule has 1 saturated heterocycles. The summed E-state index contributed by atoms with van der Waals surface area (Å²) >= 11 is 0. The average Bonchev–Trinajstić information content (AvgIpc) is 3.33. The number of carboxylic acid groups (broad SMARTS) is 1. The molecule has 3 aromatic carbocycles. The van der Waals surface area contributed by atoms with E-state index in [4.69, 9.17) is 10.5 Å². The standard InChI is InChI=1S/C27H29N3O4/c1-2-12-27(26(31)32,20-6-9-22(10-7-20)34-23-11-13-29-16-23)15-19-4-3-18-5-8-21(28)14-24(18)25(19)17-30-33/h2-10,14,17,23,29,33H,1,11-13,15-16,28H2,(H,31,32)/t23-,27-/m0/s1. The molecule has 0 aromatic heterocycles. The predicted octanol–water partition coefficient (Wildman–Crippen LogP) is 4.11. The van der Waals surface area contributed by atoms with Crippen LogP contribution in [-0.4, -0.2) is 41.7 Å². The van der Waals surface area contributed by atoms with E-state index in [0.29, 0.717) is 22.6 Å². The smallest absolute Gasteiger partial charge is 0.314 e. The van der Waals surface area contributed by atoms with E-state index in [-0.39, 0.29) is 18.9 Å². The van der Waals surface area contributed by atoms with Gasteiger partial charge in [0.1, 0.15) is 17.3 Å². The first kappa shape index (κ1) is 23.3. The minimum atomic E-state index is -1.26. The summed E-state index contributed by atoms with van der Waals surface area (Å²) in [7, 11) is 0. The second-order valence-electron chi connectivity index (χ2n) is 8.68. The molecule has 0 bridgehead atoms. The van der Waals surface area contributed by atoms with E-state index in [1.165, 1.54) is 6.21 Å². The third kappa shape index (κ3) is 4.61. The number of nitrogens with two attached hydrogens (primary N) is 1. The molecule has 1 aliphatic rings. The zero-order valence-electron chi connectivity index (χ0n) is 18.9. The first-order chi connectivity index (χ1) is 16.5. The first-order valence-electron chi connectivity index (χ1n) is 11.3. The molecule has 0 unspecified atom stereocenters. The minimum Gasteiger partial charge on any atom is -0.489 e. The van der Waals surface area contributed by atoms with Gasteiger partial charge in [-0.05, 0) is 72.0 Å². The zero-order chi connectivity index (χ0) is 24.1. The van der Waals surface area contributed by atoms with Crippen molar-refractivity contribution in [2.24, 2.45) is 5.16 Å². The van der Waals surface area contributed by atoms with E-state index in [1.807, 2.05) is 42.5 Å². The quantitative estimate of drug-likeness (QED) is 0.126. The molecule has 1 heterocycles. The molecule has 3 aromatic rings. The molecule has 7 nitrogen and oxygen atoms in total. The van der Waals surface area contributed by atoms with E-state index in [0.717, 1.165) is 35.8 Å². The van der Waals surface area contributed by atoms with Crippen LogP contribution >= 0.6 is 0 Å². The fraction of sp³-hybridized carbons (Fsp3) is 0.259. The molecular formula is C27H29N3O4. The minimum absolute atomic E-state index is 0.119. The lowest BCUT2D eigenvalue weighted by Gasteiger charge is -2.30.